The molecule has 116 valence electrons. The fourth-order valence-corrected chi connectivity index (χ4v) is 3.72. The predicted octanol–water partition coefficient (Wildman–Crippen LogP) is 2.42. The summed E-state index contributed by atoms with van der Waals surface area (Å²) in [5.41, 5.74) is 0.625. The lowest BCUT2D eigenvalue weighted by molar-refractivity contribution is 0.0696. The Morgan fingerprint density at radius 2 is 2.10 bits per heavy atom. The molecule has 0 unspecified atom stereocenters. The summed E-state index contributed by atoms with van der Waals surface area (Å²) in [6, 6.07) is 4.25. The monoisotopic (exact) mass is 311 g/mol. The van der Waals surface area contributed by atoms with E-state index < -0.39 is 16.0 Å². The lowest BCUT2D eigenvalue weighted by atomic mass is 10.1. The minimum Gasteiger partial charge on any atom is -0.478 e. The molecule has 0 atom stereocenters. The molecule has 1 aliphatic carbocycles. The van der Waals surface area contributed by atoms with Crippen LogP contribution in [0, 0.1) is 5.92 Å². The molecule has 0 bridgehead atoms. The first-order valence-electron chi connectivity index (χ1n) is 7.30. The first-order chi connectivity index (χ1) is 9.94. The van der Waals surface area contributed by atoms with Crippen LogP contribution in [0.2, 0.25) is 0 Å². The molecule has 0 saturated heterocycles. The normalized spacial score (nSPS) is 15.1. The van der Waals surface area contributed by atoms with Crippen molar-refractivity contribution in [2.24, 2.45) is 5.92 Å². The Bertz CT molecular complexity index is 621. The van der Waals surface area contributed by atoms with Gasteiger partial charge in [0.2, 0.25) is 10.0 Å². The molecule has 21 heavy (non-hydrogen) atoms. The van der Waals surface area contributed by atoms with Gasteiger partial charge in [0.1, 0.15) is 0 Å². The number of rotatable bonds is 8. The van der Waals surface area contributed by atoms with Gasteiger partial charge in [-0.3, -0.25) is 0 Å². The average Bonchev–Trinajstić information content (AvgIpc) is 3.27. The van der Waals surface area contributed by atoms with Crippen LogP contribution >= 0.6 is 0 Å². The van der Waals surface area contributed by atoms with Gasteiger partial charge in [-0.05, 0) is 42.9 Å². The minimum atomic E-state index is -3.65. The van der Waals surface area contributed by atoms with Crippen LogP contribution in [0.5, 0.6) is 0 Å². The number of carboxylic acid groups (broad SMARTS) is 1. The Labute approximate surface area is 125 Å². The molecule has 1 aromatic rings. The maximum atomic E-state index is 12.3. The molecule has 1 aromatic carbocycles. The van der Waals surface area contributed by atoms with Gasteiger partial charge in [0.15, 0.2) is 0 Å². The fraction of sp³-hybridized carbons (Fsp3) is 0.533. The van der Waals surface area contributed by atoms with Crippen LogP contribution in [0.4, 0.5) is 0 Å². The number of hydrogen-bond acceptors (Lipinski definition) is 3. The van der Waals surface area contributed by atoms with Crippen molar-refractivity contribution in [2.45, 2.75) is 43.9 Å². The van der Waals surface area contributed by atoms with Crippen LogP contribution in [-0.2, 0) is 16.4 Å². The molecule has 1 fully saturated rings. The van der Waals surface area contributed by atoms with Crippen LogP contribution in [0.15, 0.2) is 23.1 Å². The van der Waals surface area contributed by atoms with Crippen LogP contribution < -0.4 is 4.72 Å². The Morgan fingerprint density at radius 1 is 1.38 bits per heavy atom. The Balaban J connectivity index is 2.12. The summed E-state index contributed by atoms with van der Waals surface area (Å²) < 4.78 is 27.3. The van der Waals surface area contributed by atoms with E-state index in [2.05, 4.69) is 4.72 Å². The number of carbonyl (C=O) groups is 1. The molecular weight excluding hydrogens is 290 g/mol. The van der Waals surface area contributed by atoms with Gasteiger partial charge < -0.3 is 5.11 Å². The molecule has 0 radical (unpaired) electrons. The maximum Gasteiger partial charge on any atom is 0.335 e. The fourth-order valence-electron chi connectivity index (χ4n) is 2.31. The van der Waals surface area contributed by atoms with E-state index in [1.807, 2.05) is 6.92 Å². The van der Waals surface area contributed by atoms with Gasteiger partial charge in [0, 0.05) is 6.54 Å². The van der Waals surface area contributed by atoms with E-state index in [0.29, 0.717) is 18.5 Å². The average molecular weight is 311 g/mol. The van der Waals surface area contributed by atoms with E-state index in [1.165, 1.54) is 25.0 Å². The molecule has 2 rings (SSSR count). The van der Waals surface area contributed by atoms with Gasteiger partial charge in [0.25, 0.3) is 0 Å². The van der Waals surface area contributed by atoms with Crippen LogP contribution in [0.1, 0.15) is 48.5 Å². The van der Waals surface area contributed by atoms with Crippen molar-refractivity contribution in [2.75, 3.05) is 6.54 Å². The second-order valence-electron chi connectivity index (χ2n) is 5.46. The van der Waals surface area contributed by atoms with Gasteiger partial charge in [-0.15, -0.1) is 0 Å². The highest BCUT2D eigenvalue weighted by atomic mass is 32.2. The van der Waals surface area contributed by atoms with Crippen molar-refractivity contribution in [1.29, 1.82) is 0 Å². The molecule has 6 heteroatoms. The summed E-state index contributed by atoms with van der Waals surface area (Å²) in [5.74, 6) is -0.348. The Kier molecular flexibility index (Phi) is 5.00. The molecule has 2 N–H and O–H groups in total. The topological polar surface area (TPSA) is 83.5 Å². The largest absolute Gasteiger partial charge is 0.478 e. The van der Waals surface area contributed by atoms with Crippen molar-refractivity contribution in [3.63, 3.8) is 0 Å². The number of carboxylic acids is 1. The smallest absolute Gasteiger partial charge is 0.335 e. The summed E-state index contributed by atoms with van der Waals surface area (Å²) in [7, 11) is -3.65. The van der Waals surface area contributed by atoms with E-state index in [-0.39, 0.29) is 10.5 Å². The zero-order chi connectivity index (χ0) is 15.5. The minimum absolute atomic E-state index is 0.00874. The zero-order valence-corrected chi connectivity index (χ0v) is 12.9. The lowest BCUT2D eigenvalue weighted by Crippen LogP contribution is -2.26. The number of sulfonamides is 1. The Morgan fingerprint density at radius 3 is 2.67 bits per heavy atom. The third-order valence-electron chi connectivity index (χ3n) is 3.76. The second kappa shape index (κ2) is 6.58. The van der Waals surface area contributed by atoms with E-state index in [4.69, 9.17) is 5.11 Å². The van der Waals surface area contributed by atoms with Crippen molar-refractivity contribution in [1.82, 2.24) is 4.72 Å². The second-order valence-corrected chi connectivity index (χ2v) is 7.20. The number of benzene rings is 1. The molecule has 0 heterocycles. The van der Waals surface area contributed by atoms with Crippen LogP contribution in [0.3, 0.4) is 0 Å². The number of nitrogens with one attached hydrogen (secondary N) is 1. The summed E-state index contributed by atoms with van der Waals surface area (Å²) in [6.45, 7) is 2.25. The first-order valence-corrected chi connectivity index (χ1v) is 8.78. The Hall–Kier alpha value is -1.40. The highest BCUT2D eigenvalue weighted by Crippen LogP contribution is 2.33. The summed E-state index contributed by atoms with van der Waals surface area (Å²) >= 11 is 0. The van der Waals surface area contributed by atoms with Gasteiger partial charge in [0.05, 0.1) is 10.5 Å². The highest BCUT2D eigenvalue weighted by molar-refractivity contribution is 7.89. The third-order valence-corrected chi connectivity index (χ3v) is 5.31. The molecule has 0 amide bonds. The molecule has 0 aromatic heterocycles. The van der Waals surface area contributed by atoms with Crippen molar-refractivity contribution in [3.05, 3.63) is 29.3 Å². The van der Waals surface area contributed by atoms with E-state index in [1.54, 1.807) is 6.07 Å². The molecule has 1 saturated carbocycles. The van der Waals surface area contributed by atoms with Gasteiger partial charge >= 0.3 is 5.97 Å². The standard InChI is InChI=1S/C15H21NO4S/c1-2-12-7-8-13(15(17)18)10-14(12)21(19,20)16-9-3-4-11-5-6-11/h7-8,10-11,16H,2-6,9H2,1H3,(H,17,18). The summed E-state index contributed by atoms with van der Waals surface area (Å²) in [5, 5.41) is 9.01. The zero-order valence-electron chi connectivity index (χ0n) is 12.1. The SMILES string of the molecule is CCc1ccc(C(=O)O)cc1S(=O)(=O)NCCCC1CC1. The van der Waals surface area contributed by atoms with E-state index in [9.17, 15) is 13.2 Å². The van der Waals surface area contributed by atoms with Crippen molar-refractivity contribution < 1.29 is 18.3 Å². The van der Waals surface area contributed by atoms with Crippen molar-refractivity contribution >= 4 is 16.0 Å². The maximum absolute atomic E-state index is 12.3. The van der Waals surface area contributed by atoms with Gasteiger partial charge in [-0.1, -0.05) is 25.8 Å². The van der Waals surface area contributed by atoms with Crippen LogP contribution in [-0.4, -0.2) is 26.0 Å². The quantitative estimate of drug-likeness (QED) is 0.722. The van der Waals surface area contributed by atoms with Gasteiger partial charge in [-0.2, -0.15) is 0 Å². The molecule has 0 aliphatic heterocycles. The molecule has 0 spiro atoms. The summed E-state index contributed by atoms with van der Waals surface area (Å²) in [6.07, 6.45) is 4.93. The molecular formula is C15H21NO4S. The summed E-state index contributed by atoms with van der Waals surface area (Å²) in [4.78, 5) is 11.1. The number of aryl methyl sites for hydroxylation is 1. The predicted molar refractivity (Wildman–Crippen MR) is 79.9 cm³/mol. The van der Waals surface area contributed by atoms with Crippen molar-refractivity contribution in [3.8, 4) is 0 Å². The first kappa shape index (κ1) is 16.0. The van der Waals surface area contributed by atoms with Crippen LogP contribution in [0.25, 0.3) is 0 Å². The van der Waals surface area contributed by atoms with E-state index >= 15 is 0 Å². The van der Waals surface area contributed by atoms with Gasteiger partial charge in [-0.25, -0.2) is 17.9 Å². The number of aromatic carboxylic acids is 1. The lowest BCUT2D eigenvalue weighted by Gasteiger charge is -2.11. The number of hydrogen-bond donors (Lipinski definition) is 2. The molecule has 5 nitrogen and oxygen atoms in total. The third kappa shape index (κ3) is 4.28. The molecule has 1 aliphatic rings. The van der Waals surface area contributed by atoms with E-state index in [0.717, 1.165) is 18.8 Å². The highest BCUT2D eigenvalue weighted by Gasteiger charge is 2.22.